The van der Waals surface area contributed by atoms with Crippen molar-refractivity contribution in [3.05, 3.63) is 0 Å². The van der Waals surface area contributed by atoms with Gasteiger partial charge in [0.1, 0.15) is 5.60 Å². The molecule has 0 bridgehead atoms. The van der Waals surface area contributed by atoms with Crippen molar-refractivity contribution in [3.63, 3.8) is 0 Å². The molecule has 1 unspecified atom stereocenters. The molecule has 0 fully saturated rings. The summed E-state index contributed by atoms with van der Waals surface area (Å²) in [5, 5.41) is 0. The number of rotatable bonds is 10. The van der Waals surface area contributed by atoms with Gasteiger partial charge < -0.3 is 9.47 Å². The molecule has 23 heavy (non-hydrogen) atoms. The fourth-order valence-electron chi connectivity index (χ4n) is 2.27. The molecule has 0 saturated carbocycles. The molecule has 1 atom stereocenters. The van der Waals surface area contributed by atoms with E-state index in [9.17, 15) is 9.59 Å². The molecule has 136 valence electrons. The lowest BCUT2D eigenvalue weighted by Crippen LogP contribution is -2.29. The van der Waals surface area contributed by atoms with E-state index in [-0.39, 0.29) is 17.9 Å². The highest BCUT2D eigenvalue weighted by molar-refractivity contribution is 5.76. The molecule has 0 rings (SSSR count). The normalized spacial score (nSPS) is 13.5. The summed E-state index contributed by atoms with van der Waals surface area (Å²) in [5.74, 6) is -0.374. The van der Waals surface area contributed by atoms with Gasteiger partial charge in [0, 0.05) is 0 Å². The minimum absolute atomic E-state index is 0.0962. The van der Waals surface area contributed by atoms with Crippen molar-refractivity contribution < 1.29 is 19.1 Å². The molecule has 0 heterocycles. The Bertz CT molecular complexity index is 366. The van der Waals surface area contributed by atoms with E-state index in [1.165, 1.54) is 0 Å². The summed E-state index contributed by atoms with van der Waals surface area (Å²) in [6.45, 7) is 14.0. The van der Waals surface area contributed by atoms with Gasteiger partial charge in [0.2, 0.25) is 0 Å². The zero-order valence-corrected chi connectivity index (χ0v) is 16.2. The zero-order valence-electron chi connectivity index (χ0n) is 16.2. The van der Waals surface area contributed by atoms with Gasteiger partial charge in [-0.3, -0.25) is 9.59 Å². The Morgan fingerprint density at radius 3 is 2.09 bits per heavy atom. The van der Waals surface area contributed by atoms with Gasteiger partial charge in [-0.25, -0.2) is 0 Å². The average molecular weight is 328 g/mol. The van der Waals surface area contributed by atoms with Crippen LogP contribution < -0.4 is 0 Å². The Morgan fingerprint density at radius 1 is 1.00 bits per heavy atom. The zero-order chi connectivity index (χ0) is 18.1. The summed E-state index contributed by atoms with van der Waals surface area (Å²) in [6, 6.07) is 0. The van der Waals surface area contributed by atoms with Crippen LogP contribution in [-0.2, 0) is 19.1 Å². The van der Waals surface area contributed by atoms with Crippen molar-refractivity contribution in [2.24, 2.45) is 11.3 Å². The van der Waals surface area contributed by atoms with Crippen LogP contribution in [0.2, 0.25) is 0 Å². The van der Waals surface area contributed by atoms with Gasteiger partial charge in [-0.1, -0.05) is 26.7 Å². The highest BCUT2D eigenvalue weighted by atomic mass is 16.6. The molecule has 0 N–H and O–H groups in total. The largest absolute Gasteiger partial charge is 0.465 e. The first-order valence-electron chi connectivity index (χ1n) is 8.93. The third kappa shape index (κ3) is 9.62. The number of unbranched alkanes of at least 4 members (excludes halogenated alkanes) is 1. The summed E-state index contributed by atoms with van der Waals surface area (Å²) in [4.78, 5) is 24.2. The second-order valence-corrected chi connectivity index (χ2v) is 7.90. The van der Waals surface area contributed by atoms with E-state index in [4.69, 9.17) is 9.47 Å². The van der Waals surface area contributed by atoms with Crippen LogP contribution in [0.5, 0.6) is 0 Å². The van der Waals surface area contributed by atoms with Crippen molar-refractivity contribution in [1.29, 1.82) is 0 Å². The predicted octanol–water partition coefficient (Wildman–Crippen LogP) is 4.89. The van der Waals surface area contributed by atoms with Gasteiger partial charge in [0.25, 0.3) is 0 Å². The molecule has 0 aliphatic heterocycles. The van der Waals surface area contributed by atoms with Crippen LogP contribution in [0.3, 0.4) is 0 Å². The topological polar surface area (TPSA) is 52.6 Å². The van der Waals surface area contributed by atoms with Crippen molar-refractivity contribution in [1.82, 2.24) is 0 Å². The highest BCUT2D eigenvalue weighted by Crippen LogP contribution is 2.28. The number of carbonyl (C=O) groups excluding carboxylic acids is 2. The Hall–Kier alpha value is -1.06. The lowest BCUT2D eigenvalue weighted by atomic mass is 9.85. The van der Waals surface area contributed by atoms with E-state index in [1.54, 1.807) is 0 Å². The molecule has 4 nitrogen and oxygen atoms in total. The molecule has 0 aliphatic carbocycles. The lowest BCUT2D eigenvalue weighted by Gasteiger charge is -2.25. The van der Waals surface area contributed by atoms with Crippen molar-refractivity contribution >= 4 is 11.9 Å². The molecule has 0 aliphatic rings. The first-order valence-corrected chi connectivity index (χ1v) is 8.93. The Balaban J connectivity index is 4.32. The van der Waals surface area contributed by atoms with E-state index < -0.39 is 11.0 Å². The fourth-order valence-corrected chi connectivity index (χ4v) is 2.27. The number of esters is 2. The average Bonchev–Trinajstić information content (AvgIpc) is 2.41. The quantitative estimate of drug-likeness (QED) is 0.423. The van der Waals surface area contributed by atoms with E-state index in [0.29, 0.717) is 6.61 Å². The highest BCUT2D eigenvalue weighted by Gasteiger charge is 2.30. The molecule has 0 aromatic heterocycles. The van der Waals surface area contributed by atoms with Gasteiger partial charge in [-0.15, -0.1) is 0 Å². The molecule has 4 heteroatoms. The van der Waals surface area contributed by atoms with Gasteiger partial charge in [0.05, 0.1) is 17.9 Å². The SMILES string of the molecule is CCCCOC(=O)C(C)(C)CCCC(CC)C(=O)OC(C)(C)C. The number of carbonyl (C=O) groups is 2. The predicted molar refractivity (Wildman–Crippen MR) is 93.1 cm³/mol. The molecule has 0 aromatic rings. The van der Waals surface area contributed by atoms with Gasteiger partial charge in [0.15, 0.2) is 0 Å². The van der Waals surface area contributed by atoms with E-state index >= 15 is 0 Å². The molecule has 0 aromatic carbocycles. The second kappa shape index (κ2) is 9.94. The summed E-state index contributed by atoms with van der Waals surface area (Å²) in [7, 11) is 0. The smallest absolute Gasteiger partial charge is 0.311 e. The molecule has 0 amide bonds. The molecule has 0 saturated heterocycles. The Morgan fingerprint density at radius 2 is 1.61 bits per heavy atom. The first-order chi connectivity index (χ1) is 10.5. The van der Waals surface area contributed by atoms with Crippen molar-refractivity contribution in [2.75, 3.05) is 6.61 Å². The maximum Gasteiger partial charge on any atom is 0.311 e. The third-order valence-corrected chi connectivity index (χ3v) is 3.87. The second-order valence-electron chi connectivity index (χ2n) is 7.90. The standard InChI is InChI=1S/C19H36O4/c1-8-10-14-22-17(21)19(6,7)13-11-12-15(9-2)16(20)23-18(3,4)5/h15H,8-14H2,1-7H3. The lowest BCUT2D eigenvalue weighted by molar-refractivity contribution is -0.160. The minimum atomic E-state index is -0.500. The fraction of sp³-hybridized carbons (Fsp3) is 0.895. The van der Waals surface area contributed by atoms with Crippen molar-refractivity contribution in [3.8, 4) is 0 Å². The van der Waals surface area contributed by atoms with Gasteiger partial charge in [-0.05, 0) is 60.3 Å². The molecular weight excluding hydrogens is 292 g/mol. The minimum Gasteiger partial charge on any atom is -0.465 e. The molecule has 0 spiro atoms. The van der Waals surface area contributed by atoms with E-state index in [1.807, 2.05) is 41.5 Å². The van der Waals surface area contributed by atoms with E-state index in [2.05, 4.69) is 6.92 Å². The van der Waals surface area contributed by atoms with Crippen molar-refractivity contribution in [2.45, 2.75) is 92.6 Å². The van der Waals surface area contributed by atoms with Crippen LogP contribution in [-0.4, -0.2) is 24.1 Å². The number of ether oxygens (including phenoxy) is 2. The molecular formula is C19H36O4. The van der Waals surface area contributed by atoms with Gasteiger partial charge in [-0.2, -0.15) is 0 Å². The Labute approximate surface area is 142 Å². The summed E-state index contributed by atoms with van der Waals surface area (Å²) in [5.41, 5.74) is -0.952. The van der Waals surface area contributed by atoms with E-state index in [0.717, 1.165) is 38.5 Å². The van der Waals surface area contributed by atoms with Crippen LogP contribution in [0.1, 0.15) is 87.0 Å². The maximum absolute atomic E-state index is 12.1. The van der Waals surface area contributed by atoms with Crippen LogP contribution >= 0.6 is 0 Å². The van der Waals surface area contributed by atoms with Crippen LogP contribution in [0.15, 0.2) is 0 Å². The van der Waals surface area contributed by atoms with Crippen LogP contribution in [0.25, 0.3) is 0 Å². The summed E-state index contributed by atoms with van der Waals surface area (Å²) < 4.78 is 10.8. The van der Waals surface area contributed by atoms with Crippen LogP contribution in [0, 0.1) is 11.3 Å². The number of hydrogen-bond acceptors (Lipinski definition) is 4. The third-order valence-electron chi connectivity index (χ3n) is 3.87. The summed E-state index contributed by atoms with van der Waals surface area (Å²) >= 11 is 0. The first kappa shape index (κ1) is 21.9. The summed E-state index contributed by atoms with van der Waals surface area (Å²) in [6.07, 6.45) is 4.96. The maximum atomic E-state index is 12.1. The van der Waals surface area contributed by atoms with Crippen LogP contribution in [0.4, 0.5) is 0 Å². The molecule has 0 radical (unpaired) electrons. The monoisotopic (exact) mass is 328 g/mol. The Kier molecular flexibility index (Phi) is 9.48. The van der Waals surface area contributed by atoms with Gasteiger partial charge >= 0.3 is 11.9 Å². The number of hydrogen-bond donors (Lipinski definition) is 0.